The Hall–Kier alpha value is 1.17. The van der Waals surface area contributed by atoms with Crippen LogP contribution in [0.25, 0.3) is 0 Å². The lowest BCUT2D eigenvalue weighted by atomic mass is 9.69. The van der Waals surface area contributed by atoms with Gasteiger partial charge in [0.2, 0.25) is 0 Å². The zero-order valence-corrected chi connectivity index (χ0v) is 16.6. The summed E-state index contributed by atoms with van der Waals surface area (Å²) in [5.74, 6) is 0.123. The summed E-state index contributed by atoms with van der Waals surface area (Å²) in [5.41, 5.74) is -0.497. The minimum absolute atomic E-state index is 0.123. The van der Waals surface area contributed by atoms with E-state index in [-0.39, 0.29) is 26.8 Å². The third-order valence-electron chi connectivity index (χ3n) is 5.12. The van der Waals surface area contributed by atoms with Gasteiger partial charge in [-0.05, 0) is 53.4 Å². The Morgan fingerprint density at radius 1 is 1.15 bits per heavy atom. The van der Waals surface area contributed by atoms with Gasteiger partial charge in [-0.25, -0.2) is 0 Å². The van der Waals surface area contributed by atoms with Gasteiger partial charge in [-0.2, -0.15) is 0 Å². The highest BCUT2D eigenvalue weighted by molar-refractivity contribution is 9.09. The lowest BCUT2D eigenvalue weighted by molar-refractivity contribution is -0.207. The van der Waals surface area contributed by atoms with Gasteiger partial charge >= 0.3 is 0 Å². The van der Waals surface area contributed by atoms with E-state index in [1.807, 2.05) is 6.92 Å². The highest BCUT2D eigenvalue weighted by Crippen LogP contribution is 2.50. The number of halogens is 3. The molecule has 20 heavy (non-hydrogen) atoms. The summed E-state index contributed by atoms with van der Waals surface area (Å²) in [7, 11) is 0. The van der Waals surface area contributed by atoms with Crippen molar-refractivity contribution in [2.24, 2.45) is 5.92 Å². The first-order valence-electron chi connectivity index (χ1n) is 7.33. The smallest absolute Gasteiger partial charge is 0.0758 e. The summed E-state index contributed by atoms with van der Waals surface area (Å²) < 4.78 is 6.43. The summed E-state index contributed by atoms with van der Waals surface area (Å²) in [4.78, 5) is 0.186. The van der Waals surface area contributed by atoms with Gasteiger partial charge in [-0.3, -0.25) is 0 Å². The number of ether oxygens (including phenoxy) is 1. The minimum atomic E-state index is -0.404. The Morgan fingerprint density at radius 2 is 1.75 bits per heavy atom. The summed E-state index contributed by atoms with van der Waals surface area (Å²) in [6.07, 6.45) is 3.08. The van der Waals surface area contributed by atoms with Crippen LogP contribution < -0.4 is 0 Å². The van der Waals surface area contributed by atoms with E-state index in [2.05, 4.69) is 52.6 Å². The van der Waals surface area contributed by atoms with Crippen LogP contribution in [-0.4, -0.2) is 36.9 Å². The molecule has 0 radical (unpaired) electrons. The fourth-order valence-electron chi connectivity index (χ4n) is 3.70. The predicted octanol–water partition coefficient (Wildman–Crippen LogP) is 4.63. The molecule has 0 aromatic rings. The molecule has 0 aromatic heterocycles. The first-order chi connectivity index (χ1) is 8.98. The lowest BCUT2D eigenvalue weighted by Crippen LogP contribution is -2.59. The van der Waals surface area contributed by atoms with Crippen molar-refractivity contribution in [3.63, 3.8) is 0 Å². The molecule has 6 atom stereocenters. The third-order valence-corrected chi connectivity index (χ3v) is 8.74. The first kappa shape index (κ1) is 17.5. The van der Waals surface area contributed by atoms with Crippen LogP contribution in [0.15, 0.2) is 0 Å². The molecule has 1 N–H and O–H groups in total. The molecule has 1 saturated carbocycles. The molecule has 5 heteroatoms. The van der Waals surface area contributed by atoms with Crippen molar-refractivity contribution in [1.29, 1.82) is 0 Å². The van der Waals surface area contributed by atoms with Crippen LogP contribution >= 0.6 is 43.5 Å². The molecule has 118 valence electrons. The van der Waals surface area contributed by atoms with Crippen LogP contribution in [0.5, 0.6) is 0 Å². The minimum Gasteiger partial charge on any atom is -0.393 e. The molecule has 1 aliphatic heterocycles. The zero-order valence-electron chi connectivity index (χ0n) is 12.6. The molecule has 2 rings (SSSR count). The van der Waals surface area contributed by atoms with E-state index in [4.69, 9.17) is 16.3 Å². The van der Waals surface area contributed by atoms with Crippen molar-refractivity contribution >= 4 is 43.5 Å². The quantitative estimate of drug-likeness (QED) is 0.612. The van der Waals surface area contributed by atoms with Crippen LogP contribution in [0.1, 0.15) is 53.4 Å². The second kappa shape index (κ2) is 5.67. The Labute approximate surface area is 144 Å². The highest BCUT2D eigenvalue weighted by Gasteiger charge is 2.53. The van der Waals surface area contributed by atoms with Crippen LogP contribution in [0.3, 0.4) is 0 Å². The number of hydrogen-bond acceptors (Lipinski definition) is 2. The van der Waals surface area contributed by atoms with Gasteiger partial charge in [0, 0.05) is 15.6 Å². The SMILES string of the molecule is CC1(C)O[C@](C)([C@@H]2C[C@H](Br)[C@](C)(Cl)C[C@@H]2O)CC[C@H]1Br. The molecule has 2 nitrogen and oxygen atoms in total. The fourth-order valence-corrected chi connectivity index (χ4v) is 4.86. The van der Waals surface area contributed by atoms with E-state index in [1.165, 1.54) is 0 Å². The van der Waals surface area contributed by atoms with Crippen molar-refractivity contribution in [3.05, 3.63) is 0 Å². The van der Waals surface area contributed by atoms with E-state index in [9.17, 15) is 5.11 Å². The topological polar surface area (TPSA) is 29.5 Å². The summed E-state index contributed by atoms with van der Waals surface area (Å²) in [5, 5.41) is 10.6. The predicted molar refractivity (Wildman–Crippen MR) is 91.2 cm³/mol. The third kappa shape index (κ3) is 3.24. The average Bonchev–Trinajstić information content (AvgIpc) is 2.28. The maximum absolute atomic E-state index is 10.6. The Balaban J connectivity index is 2.18. The Kier molecular flexibility index (Phi) is 4.96. The lowest BCUT2D eigenvalue weighted by Gasteiger charge is -2.54. The van der Waals surface area contributed by atoms with Crippen molar-refractivity contribution < 1.29 is 9.84 Å². The second-order valence-electron chi connectivity index (χ2n) is 7.38. The number of rotatable bonds is 1. The molecule has 0 unspecified atom stereocenters. The molecule has 0 amide bonds. The number of alkyl halides is 3. The second-order valence-corrected chi connectivity index (χ2v) is 10.5. The van der Waals surface area contributed by atoms with Gasteiger partial charge in [0.05, 0.1) is 22.2 Å². The normalized spacial score (nSPS) is 52.8. The molecule has 0 aromatic carbocycles. The number of aliphatic hydroxyl groups is 1. The van der Waals surface area contributed by atoms with E-state index in [0.717, 1.165) is 19.3 Å². The largest absolute Gasteiger partial charge is 0.393 e. The van der Waals surface area contributed by atoms with Crippen molar-refractivity contribution in [2.75, 3.05) is 0 Å². The summed E-state index contributed by atoms with van der Waals surface area (Å²) >= 11 is 13.9. The van der Waals surface area contributed by atoms with E-state index in [0.29, 0.717) is 11.2 Å². The van der Waals surface area contributed by atoms with E-state index in [1.54, 1.807) is 0 Å². The Bertz CT molecular complexity index is 375. The van der Waals surface area contributed by atoms with Gasteiger partial charge in [0.1, 0.15) is 0 Å². The van der Waals surface area contributed by atoms with Crippen molar-refractivity contribution in [3.8, 4) is 0 Å². The van der Waals surface area contributed by atoms with E-state index < -0.39 is 6.10 Å². The van der Waals surface area contributed by atoms with Gasteiger partial charge in [0.15, 0.2) is 0 Å². The van der Waals surface area contributed by atoms with Gasteiger partial charge in [-0.15, -0.1) is 11.6 Å². The van der Waals surface area contributed by atoms with Crippen molar-refractivity contribution in [2.45, 2.75) is 85.2 Å². The maximum atomic E-state index is 10.6. The van der Waals surface area contributed by atoms with Crippen LogP contribution in [0.4, 0.5) is 0 Å². The van der Waals surface area contributed by atoms with Crippen LogP contribution in [0.2, 0.25) is 0 Å². The molecule has 1 aliphatic carbocycles. The molecule has 0 bridgehead atoms. The average molecular weight is 433 g/mol. The molecular formula is C15H25Br2ClO2. The first-order valence-corrected chi connectivity index (χ1v) is 9.54. The van der Waals surface area contributed by atoms with Gasteiger partial charge in [-0.1, -0.05) is 31.9 Å². The summed E-state index contributed by atoms with van der Waals surface area (Å²) in [6.45, 7) is 8.39. The standard InChI is InChI=1S/C15H25Br2ClO2/c1-13(2)11(16)5-6-15(4,20-13)9-7-12(17)14(3,18)8-10(9)19/h9-12,19H,5-8H2,1-4H3/t9-,10+,11-,12+,14-,15+/m1/s1. The van der Waals surface area contributed by atoms with E-state index >= 15 is 0 Å². The highest BCUT2D eigenvalue weighted by atomic mass is 79.9. The van der Waals surface area contributed by atoms with Gasteiger partial charge < -0.3 is 9.84 Å². The molecule has 0 spiro atoms. The van der Waals surface area contributed by atoms with Crippen LogP contribution in [0, 0.1) is 5.92 Å². The zero-order chi connectivity index (χ0) is 15.3. The molecular weight excluding hydrogens is 407 g/mol. The van der Waals surface area contributed by atoms with Crippen LogP contribution in [-0.2, 0) is 4.74 Å². The fraction of sp³-hybridized carbons (Fsp3) is 1.00. The molecule has 2 fully saturated rings. The summed E-state index contributed by atoms with van der Waals surface area (Å²) in [6, 6.07) is 0. The molecule has 2 aliphatic rings. The van der Waals surface area contributed by atoms with Crippen molar-refractivity contribution in [1.82, 2.24) is 0 Å². The maximum Gasteiger partial charge on any atom is 0.0758 e. The number of aliphatic hydroxyl groups excluding tert-OH is 1. The van der Waals surface area contributed by atoms with Gasteiger partial charge in [0.25, 0.3) is 0 Å². The Morgan fingerprint density at radius 3 is 2.30 bits per heavy atom. The monoisotopic (exact) mass is 430 g/mol. The molecule has 1 saturated heterocycles. The number of hydrogen-bond donors (Lipinski definition) is 1. The molecule has 1 heterocycles.